The van der Waals surface area contributed by atoms with Gasteiger partial charge in [-0.25, -0.2) is 4.39 Å². The summed E-state index contributed by atoms with van der Waals surface area (Å²) >= 11 is 0. The van der Waals surface area contributed by atoms with E-state index in [1.165, 1.54) is 0 Å². The Balaban J connectivity index is 2.13. The van der Waals surface area contributed by atoms with Gasteiger partial charge in [0.25, 0.3) is 0 Å². The molecule has 3 heteroatoms. The van der Waals surface area contributed by atoms with E-state index >= 15 is 0 Å². The summed E-state index contributed by atoms with van der Waals surface area (Å²) in [5, 5.41) is 13.1. The molecule has 76 valence electrons. The van der Waals surface area contributed by atoms with E-state index in [4.69, 9.17) is 0 Å². The maximum absolute atomic E-state index is 13.5. The van der Waals surface area contributed by atoms with E-state index in [1.54, 1.807) is 0 Å². The minimum absolute atomic E-state index is 0.0353. The van der Waals surface area contributed by atoms with E-state index in [-0.39, 0.29) is 11.3 Å². The van der Waals surface area contributed by atoms with Crippen molar-refractivity contribution in [3.8, 4) is 0 Å². The molecule has 0 radical (unpaired) electrons. The van der Waals surface area contributed by atoms with Gasteiger partial charge in [0.1, 0.15) is 6.17 Å². The molecule has 0 amide bonds. The lowest BCUT2D eigenvalue weighted by Crippen LogP contribution is -2.43. The largest absolute Gasteiger partial charge is 0.390 e. The summed E-state index contributed by atoms with van der Waals surface area (Å²) in [5.41, 5.74) is -0.107. The predicted molar refractivity (Wildman–Crippen MR) is 49.2 cm³/mol. The van der Waals surface area contributed by atoms with Crippen LogP contribution in [-0.4, -0.2) is 30.5 Å². The molecule has 2 N–H and O–H groups in total. The van der Waals surface area contributed by atoms with Crippen LogP contribution < -0.4 is 5.32 Å². The third-order valence-corrected chi connectivity index (χ3v) is 3.80. The summed E-state index contributed by atoms with van der Waals surface area (Å²) in [4.78, 5) is 0. The van der Waals surface area contributed by atoms with Gasteiger partial charge in [0.05, 0.1) is 6.10 Å². The van der Waals surface area contributed by atoms with Crippen LogP contribution in [0.25, 0.3) is 0 Å². The summed E-state index contributed by atoms with van der Waals surface area (Å²) in [6.07, 6.45) is 0.997. The van der Waals surface area contributed by atoms with Gasteiger partial charge in [-0.2, -0.15) is 0 Å². The van der Waals surface area contributed by atoms with Crippen LogP contribution in [0.2, 0.25) is 0 Å². The summed E-state index contributed by atoms with van der Waals surface area (Å²) in [6, 6.07) is 0. The third kappa shape index (κ3) is 1.38. The molecule has 1 saturated carbocycles. The van der Waals surface area contributed by atoms with Crippen LogP contribution in [0.3, 0.4) is 0 Å². The van der Waals surface area contributed by atoms with E-state index in [2.05, 4.69) is 5.32 Å². The summed E-state index contributed by atoms with van der Waals surface area (Å²) < 4.78 is 13.5. The molecule has 0 aromatic heterocycles. The van der Waals surface area contributed by atoms with E-state index < -0.39 is 12.3 Å². The second-order valence-corrected chi connectivity index (χ2v) is 4.68. The average Bonchev–Trinajstić information content (AvgIpc) is 2.33. The highest BCUT2D eigenvalue weighted by Crippen LogP contribution is 2.48. The van der Waals surface area contributed by atoms with Crippen LogP contribution in [0, 0.1) is 11.3 Å². The fourth-order valence-corrected chi connectivity index (χ4v) is 2.95. The van der Waals surface area contributed by atoms with Crippen LogP contribution in [0.15, 0.2) is 0 Å². The Morgan fingerprint density at radius 1 is 1.38 bits per heavy atom. The molecular formula is C10H18FNO. The minimum Gasteiger partial charge on any atom is -0.390 e. The first-order chi connectivity index (χ1) is 6.16. The van der Waals surface area contributed by atoms with Crippen molar-refractivity contribution in [3.63, 3.8) is 0 Å². The van der Waals surface area contributed by atoms with Crippen molar-refractivity contribution in [1.82, 2.24) is 5.32 Å². The van der Waals surface area contributed by atoms with Crippen LogP contribution in [0.1, 0.15) is 26.2 Å². The highest BCUT2D eigenvalue weighted by Gasteiger charge is 2.51. The fraction of sp³-hybridized carbons (Fsp3) is 1.00. The van der Waals surface area contributed by atoms with E-state index in [0.29, 0.717) is 0 Å². The number of alkyl halides is 1. The lowest BCUT2D eigenvalue weighted by atomic mass is 9.75. The predicted octanol–water partition coefficient (Wildman–Crippen LogP) is 1.09. The van der Waals surface area contributed by atoms with Gasteiger partial charge in [0.2, 0.25) is 0 Å². The maximum Gasteiger partial charge on any atom is 0.129 e. The fourth-order valence-electron chi connectivity index (χ4n) is 2.95. The molecule has 0 bridgehead atoms. The number of nitrogens with one attached hydrogen (secondary N) is 1. The topological polar surface area (TPSA) is 32.3 Å². The lowest BCUT2D eigenvalue weighted by Gasteiger charge is -2.36. The Hall–Kier alpha value is -0.150. The van der Waals surface area contributed by atoms with Crippen molar-refractivity contribution < 1.29 is 9.50 Å². The van der Waals surface area contributed by atoms with Crippen molar-refractivity contribution in [2.45, 2.75) is 38.5 Å². The molecule has 0 aromatic carbocycles. The normalized spacial score (nSPS) is 44.1. The second-order valence-electron chi connectivity index (χ2n) is 4.68. The maximum atomic E-state index is 13.5. The number of rotatable bonds is 0. The van der Waals surface area contributed by atoms with Gasteiger partial charge in [-0.1, -0.05) is 6.92 Å². The van der Waals surface area contributed by atoms with Crippen molar-refractivity contribution in [3.05, 3.63) is 0 Å². The zero-order valence-electron chi connectivity index (χ0n) is 8.09. The van der Waals surface area contributed by atoms with Crippen LogP contribution >= 0.6 is 0 Å². The molecule has 2 rings (SSSR count). The van der Waals surface area contributed by atoms with Gasteiger partial charge in [0, 0.05) is 5.41 Å². The molecule has 0 aromatic rings. The molecule has 2 aliphatic rings. The first kappa shape index (κ1) is 9.41. The average molecular weight is 187 g/mol. The zero-order valence-corrected chi connectivity index (χ0v) is 8.09. The van der Waals surface area contributed by atoms with Gasteiger partial charge in [0.15, 0.2) is 0 Å². The first-order valence-corrected chi connectivity index (χ1v) is 5.19. The van der Waals surface area contributed by atoms with E-state index in [0.717, 1.165) is 32.4 Å². The van der Waals surface area contributed by atoms with E-state index in [9.17, 15) is 9.50 Å². The van der Waals surface area contributed by atoms with Crippen molar-refractivity contribution in [2.75, 3.05) is 13.1 Å². The quantitative estimate of drug-likeness (QED) is 0.595. The lowest BCUT2D eigenvalue weighted by molar-refractivity contribution is -0.00809. The molecule has 1 aliphatic carbocycles. The van der Waals surface area contributed by atoms with Crippen LogP contribution in [0.5, 0.6) is 0 Å². The smallest absolute Gasteiger partial charge is 0.129 e. The highest BCUT2D eigenvalue weighted by molar-refractivity contribution is 5.02. The zero-order chi connectivity index (χ0) is 9.47. The van der Waals surface area contributed by atoms with E-state index in [1.807, 2.05) is 6.92 Å². The molecule has 2 fully saturated rings. The number of aliphatic hydroxyl groups excluding tert-OH is 1. The first-order valence-electron chi connectivity index (χ1n) is 5.19. The van der Waals surface area contributed by atoms with Gasteiger partial charge in [-0.3, -0.25) is 0 Å². The Kier molecular flexibility index (Phi) is 2.32. The van der Waals surface area contributed by atoms with Crippen LogP contribution in [0.4, 0.5) is 4.39 Å². The Bertz CT molecular complexity index is 191. The molecule has 13 heavy (non-hydrogen) atoms. The number of halogens is 1. The van der Waals surface area contributed by atoms with Crippen molar-refractivity contribution in [1.29, 1.82) is 0 Å². The highest BCUT2D eigenvalue weighted by atomic mass is 19.1. The number of hydrogen-bond donors (Lipinski definition) is 2. The molecule has 3 unspecified atom stereocenters. The minimum atomic E-state index is -1.00. The van der Waals surface area contributed by atoms with Gasteiger partial charge < -0.3 is 10.4 Å². The number of aliphatic hydroxyl groups is 1. The summed E-state index contributed by atoms with van der Waals surface area (Å²) in [6.45, 7) is 3.76. The number of hydrogen-bond acceptors (Lipinski definition) is 2. The SMILES string of the molecule is CC1CC2(CCNCC2)C(O)C1F. The third-order valence-electron chi connectivity index (χ3n) is 3.80. The second kappa shape index (κ2) is 3.21. The number of piperidine rings is 1. The van der Waals surface area contributed by atoms with Crippen molar-refractivity contribution in [2.24, 2.45) is 11.3 Å². The summed E-state index contributed by atoms with van der Waals surface area (Å²) in [5.74, 6) is 0.0353. The molecule has 1 saturated heterocycles. The molecule has 1 heterocycles. The van der Waals surface area contributed by atoms with Gasteiger partial charge >= 0.3 is 0 Å². The molecule has 1 spiro atoms. The molecule has 2 nitrogen and oxygen atoms in total. The van der Waals surface area contributed by atoms with Gasteiger partial charge in [-0.05, 0) is 38.3 Å². The van der Waals surface area contributed by atoms with Gasteiger partial charge in [-0.15, -0.1) is 0 Å². The Morgan fingerprint density at radius 3 is 2.46 bits per heavy atom. The molecule has 1 aliphatic heterocycles. The Morgan fingerprint density at radius 2 is 2.00 bits per heavy atom. The monoisotopic (exact) mass is 187 g/mol. The Labute approximate surface area is 78.5 Å². The van der Waals surface area contributed by atoms with Crippen LogP contribution in [-0.2, 0) is 0 Å². The summed E-state index contributed by atoms with van der Waals surface area (Å²) in [7, 11) is 0. The molecular weight excluding hydrogens is 169 g/mol. The standard InChI is InChI=1S/C10H18FNO/c1-7-6-10(9(13)8(7)11)2-4-12-5-3-10/h7-9,12-13H,2-6H2,1H3. The molecule has 3 atom stereocenters. The van der Waals surface area contributed by atoms with Crippen molar-refractivity contribution >= 4 is 0 Å².